The Balaban J connectivity index is 1.82. The summed E-state index contributed by atoms with van der Waals surface area (Å²) >= 11 is 0. The summed E-state index contributed by atoms with van der Waals surface area (Å²) in [6, 6.07) is 15.5. The molecule has 0 spiro atoms. The van der Waals surface area contributed by atoms with E-state index in [1.54, 1.807) is 6.92 Å². The fraction of sp³-hybridized carbons (Fsp3) is 0.381. The third-order valence-corrected chi connectivity index (χ3v) is 4.55. The van der Waals surface area contributed by atoms with E-state index in [2.05, 4.69) is 0 Å². The van der Waals surface area contributed by atoms with Crippen LogP contribution in [0.5, 0.6) is 0 Å². The summed E-state index contributed by atoms with van der Waals surface area (Å²) in [6.07, 6.45) is -0.480. The van der Waals surface area contributed by atoms with Crippen LogP contribution < -0.4 is 0 Å². The molecular weight excluding hydrogens is 314 g/mol. The highest BCUT2D eigenvalue weighted by Gasteiger charge is 2.30. The van der Waals surface area contributed by atoms with E-state index in [0.717, 1.165) is 16.7 Å². The molecule has 132 valence electrons. The molecular formula is C21H25NO3. The molecule has 1 N–H and O–H groups in total. The van der Waals surface area contributed by atoms with Gasteiger partial charge in [0.1, 0.15) is 0 Å². The number of carbonyl (C=O) groups is 1. The van der Waals surface area contributed by atoms with E-state index in [0.29, 0.717) is 25.3 Å². The molecule has 0 unspecified atom stereocenters. The van der Waals surface area contributed by atoms with Crippen molar-refractivity contribution in [2.45, 2.75) is 32.5 Å². The van der Waals surface area contributed by atoms with Crippen molar-refractivity contribution in [1.82, 2.24) is 4.90 Å². The minimum Gasteiger partial charge on any atom is -0.389 e. The van der Waals surface area contributed by atoms with E-state index in [1.165, 1.54) is 0 Å². The van der Waals surface area contributed by atoms with Crippen LogP contribution in [-0.2, 0) is 4.74 Å². The molecule has 0 aromatic heterocycles. The molecule has 0 aliphatic carbocycles. The number of amides is 1. The first kappa shape index (κ1) is 17.6. The molecule has 1 aliphatic heterocycles. The SMILES string of the molecule is C[C@H](O)c1ccc(-c2cccc(C(=O)N3CCOC(C)(C)C3)c2)cc1. The van der Waals surface area contributed by atoms with Gasteiger partial charge in [-0.2, -0.15) is 0 Å². The topological polar surface area (TPSA) is 49.8 Å². The minimum atomic E-state index is -0.480. The summed E-state index contributed by atoms with van der Waals surface area (Å²) in [5, 5.41) is 9.63. The number of benzene rings is 2. The van der Waals surface area contributed by atoms with Gasteiger partial charge in [0.15, 0.2) is 0 Å². The van der Waals surface area contributed by atoms with Crippen molar-refractivity contribution >= 4 is 5.91 Å². The second kappa shape index (κ2) is 6.98. The molecule has 4 heteroatoms. The molecule has 2 aromatic carbocycles. The first-order valence-corrected chi connectivity index (χ1v) is 8.67. The Bertz CT molecular complexity index is 750. The van der Waals surface area contributed by atoms with Crippen molar-refractivity contribution in [2.24, 2.45) is 0 Å². The van der Waals surface area contributed by atoms with Gasteiger partial charge in [0.2, 0.25) is 0 Å². The lowest BCUT2D eigenvalue weighted by Gasteiger charge is -2.38. The van der Waals surface area contributed by atoms with E-state index in [4.69, 9.17) is 4.74 Å². The average Bonchev–Trinajstić information content (AvgIpc) is 2.60. The lowest BCUT2D eigenvalue weighted by molar-refractivity contribution is -0.0764. The Morgan fingerprint density at radius 2 is 1.88 bits per heavy atom. The van der Waals surface area contributed by atoms with E-state index in [9.17, 15) is 9.90 Å². The minimum absolute atomic E-state index is 0.0406. The highest BCUT2D eigenvalue weighted by molar-refractivity contribution is 5.95. The Labute approximate surface area is 149 Å². The fourth-order valence-corrected chi connectivity index (χ4v) is 3.16. The molecule has 2 aromatic rings. The number of ether oxygens (including phenoxy) is 1. The van der Waals surface area contributed by atoms with Crippen LogP contribution in [0.1, 0.15) is 42.8 Å². The van der Waals surface area contributed by atoms with Crippen LogP contribution in [0, 0.1) is 0 Å². The van der Waals surface area contributed by atoms with Crippen molar-refractivity contribution in [3.8, 4) is 11.1 Å². The van der Waals surface area contributed by atoms with Crippen LogP contribution in [0.15, 0.2) is 48.5 Å². The highest BCUT2D eigenvalue weighted by atomic mass is 16.5. The Hall–Kier alpha value is -2.17. The predicted molar refractivity (Wildman–Crippen MR) is 98.4 cm³/mol. The van der Waals surface area contributed by atoms with E-state index < -0.39 is 6.10 Å². The molecule has 1 heterocycles. The summed E-state index contributed by atoms with van der Waals surface area (Å²) in [5.41, 5.74) is 3.29. The van der Waals surface area contributed by atoms with Gasteiger partial charge in [-0.15, -0.1) is 0 Å². The van der Waals surface area contributed by atoms with Crippen LogP contribution in [-0.4, -0.2) is 41.2 Å². The van der Waals surface area contributed by atoms with Crippen molar-refractivity contribution in [1.29, 1.82) is 0 Å². The zero-order valence-electron chi connectivity index (χ0n) is 15.0. The molecule has 4 nitrogen and oxygen atoms in total. The summed E-state index contributed by atoms with van der Waals surface area (Å²) in [4.78, 5) is 14.7. The maximum Gasteiger partial charge on any atom is 0.254 e. The fourth-order valence-electron chi connectivity index (χ4n) is 3.16. The largest absolute Gasteiger partial charge is 0.389 e. The lowest BCUT2D eigenvalue weighted by atomic mass is 9.99. The number of aliphatic hydroxyl groups is 1. The molecule has 1 saturated heterocycles. The maximum atomic E-state index is 12.9. The second-order valence-electron chi connectivity index (χ2n) is 7.21. The van der Waals surface area contributed by atoms with E-state index in [-0.39, 0.29) is 11.5 Å². The number of nitrogens with zero attached hydrogens (tertiary/aromatic N) is 1. The van der Waals surface area contributed by atoms with Crippen molar-refractivity contribution in [3.05, 3.63) is 59.7 Å². The summed E-state index contributed by atoms with van der Waals surface area (Å²) in [6.45, 7) is 7.55. The standard InChI is InChI=1S/C21H25NO3/c1-15(23)16-7-9-17(10-8-16)18-5-4-6-19(13-18)20(24)22-11-12-25-21(2,3)14-22/h4-10,13,15,23H,11-12,14H2,1-3H3/t15-/m0/s1. The predicted octanol–water partition coefficient (Wildman–Crippen LogP) is 3.66. The van der Waals surface area contributed by atoms with Crippen molar-refractivity contribution in [2.75, 3.05) is 19.7 Å². The van der Waals surface area contributed by atoms with Gasteiger partial charge in [0.25, 0.3) is 5.91 Å². The number of hydrogen-bond acceptors (Lipinski definition) is 3. The molecule has 1 aliphatic rings. The summed E-state index contributed by atoms with van der Waals surface area (Å²) in [7, 11) is 0. The van der Waals surface area contributed by atoms with Crippen LogP contribution >= 0.6 is 0 Å². The normalized spacial score (nSPS) is 18.0. The first-order valence-electron chi connectivity index (χ1n) is 8.67. The molecule has 1 amide bonds. The summed E-state index contributed by atoms with van der Waals surface area (Å²) < 4.78 is 5.69. The van der Waals surface area contributed by atoms with E-state index in [1.807, 2.05) is 67.3 Å². The Kier molecular flexibility index (Phi) is 4.93. The van der Waals surface area contributed by atoms with Crippen molar-refractivity contribution in [3.63, 3.8) is 0 Å². The van der Waals surface area contributed by atoms with Crippen LogP contribution in [0.3, 0.4) is 0 Å². The summed E-state index contributed by atoms with van der Waals surface area (Å²) in [5.74, 6) is 0.0406. The molecule has 3 rings (SSSR count). The zero-order chi connectivity index (χ0) is 18.0. The second-order valence-corrected chi connectivity index (χ2v) is 7.21. The van der Waals surface area contributed by atoms with Crippen LogP contribution in [0.25, 0.3) is 11.1 Å². The number of carbonyl (C=O) groups excluding carboxylic acids is 1. The van der Waals surface area contributed by atoms with Crippen LogP contribution in [0.2, 0.25) is 0 Å². The molecule has 0 bridgehead atoms. The van der Waals surface area contributed by atoms with Gasteiger partial charge >= 0.3 is 0 Å². The Morgan fingerprint density at radius 3 is 2.52 bits per heavy atom. The Morgan fingerprint density at radius 1 is 1.16 bits per heavy atom. The van der Waals surface area contributed by atoms with Gasteiger partial charge in [0.05, 0.1) is 18.3 Å². The number of rotatable bonds is 3. The van der Waals surface area contributed by atoms with Gasteiger partial charge in [-0.05, 0) is 49.6 Å². The van der Waals surface area contributed by atoms with Gasteiger partial charge < -0.3 is 14.7 Å². The van der Waals surface area contributed by atoms with Gasteiger partial charge in [-0.3, -0.25) is 4.79 Å². The monoisotopic (exact) mass is 339 g/mol. The van der Waals surface area contributed by atoms with Gasteiger partial charge in [0, 0.05) is 18.7 Å². The van der Waals surface area contributed by atoms with Gasteiger partial charge in [-0.1, -0.05) is 36.4 Å². The third-order valence-electron chi connectivity index (χ3n) is 4.55. The number of morpholine rings is 1. The van der Waals surface area contributed by atoms with Crippen molar-refractivity contribution < 1.29 is 14.6 Å². The highest BCUT2D eigenvalue weighted by Crippen LogP contribution is 2.24. The van der Waals surface area contributed by atoms with E-state index >= 15 is 0 Å². The maximum absolute atomic E-state index is 12.9. The van der Waals surface area contributed by atoms with Gasteiger partial charge in [-0.25, -0.2) is 0 Å². The molecule has 25 heavy (non-hydrogen) atoms. The smallest absolute Gasteiger partial charge is 0.254 e. The first-order chi connectivity index (χ1) is 11.9. The molecule has 0 radical (unpaired) electrons. The average molecular weight is 339 g/mol. The molecule has 1 fully saturated rings. The third kappa shape index (κ3) is 4.09. The number of aliphatic hydroxyl groups excluding tert-OH is 1. The lowest BCUT2D eigenvalue weighted by Crippen LogP contribution is -2.50. The number of hydrogen-bond donors (Lipinski definition) is 1. The quantitative estimate of drug-likeness (QED) is 0.928. The molecule has 0 saturated carbocycles. The van der Waals surface area contributed by atoms with Crippen LogP contribution in [0.4, 0.5) is 0 Å². The molecule has 1 atom stereocenters. The zero-order valence-corrected chi connectivity index (χ0v) is 15.0.